The second-order valence-corrected chi connectivity index (χ2v) is 6.01. The number of hydrogen-bond donors (Lipinski definition) is 3. The van der Waals surface area contributed by atoms with Gasteiger partial charge in [-0.15, -0.1) is 0 Å². The van der Waals surface area contributed by atoms with Crippen molar-refractivity contribution in [3.63, 3.8) is 0 Å². The first kappa shape index (κ1) is 17.7. The summed E-state index contributed by atoms with van der Waals surface area (Å²) in [6, 6.07) is 7.10. The summed E-state index contributed by atoms with van der Waals surface area (Å²) in [5.41, 5.74) is 0.748. The van der Waals surface area contributed by atoms with Gasteiger partial charge in [-0.05, 0) is 37.6 Å². The second kappa shape index (κ2) is 8.79. The van der Waals surface area contributed by atoms with Gasteiger partial charge in [-0.3, -0.25) is 9.59 Å². The highest BCUT2D eigenvalue weighted by atomic mass is 79.9. The van der Waals surface area contributed by atoms with E-state index >= 15 is 0 Å². The molecule has 0 aromatic heterocycles. The van der Waals surface area contributed by atoms with Gasteiger partial charge in [-0.25, -0.2) is 0 Å². The lowest BCUT2D eigenvalue weighted by Crippen LogP contribution is -3.15. The zero-order valence-electron chi connectivity index (χ0n) is 12.7. The van der Waals surface area contributed by atoms with Gasteiger partial charge in [0.05, 0.1) is 7.05 Å². The van der Waals surface area contributed by atoms with E-state index in [2.05, 4.69) is 26.6 Å². The van der Waals surface area contributed by atoms with Crippen LogP contribution < -0.4 is 15.5 Å². The van der Waals surface area contributed by atoms with Crippen LogP contribution in [0.1, 0.15) is 20.3 Å². The molecular formula is C15H23BrN3O2+. The molecule has 0 saturated carbocycles. The van der Waals surface area contributed by atoms with Crippen LogP contribution in [0.25, 0.3) is 0 Å². The van der Waals surface area contributed by atoms with E-state index in [-0.39, 0.29) is 24.4 Å². The molecule has 1 rings (SSSR count). The van der Waals surface area contributed by atoms with Gasteiger partial charge in [0.25, 0.3) is 11.8 Å². The SMILES string of the molecule is CCCNC(=O)C[NH+](C)[C@@H](C)C(=O)Nc1ccc(Br)cc1. The molecule has 5 nitrogen and oxygen atoms in total. The van der Waals surface area contributed by atoms with Gasteiger partial charge in [0.15, 0.2) is 12.6 Å². The highest BCUT2D eigenvalue weighted by Gasteiger charge is 2.23. The predicted molar refractivity (Wildman–Crippen MR) is 87.3 cm³/mol. The number of carbonyl (C=O) groups is 2. The van der Waals surface area contributed by atoms with Crippen LogP contribution in [0.4, 0.5) is 5.69 Å². The normalized spacial score (nSPS) is 13.3. The lowest BCUT2D eigenvalue weighted by molar-refractivity contribution is -0.885. The van der Waals surface area contributed by atoms with E-state index in [4.69, 9.17) is 0 Å². The van der Waals surface area contributed by atoms with Gasteiger partial charge in [0.1, 0.15) is 0 Å². The van der Waals surface area contributed by atoms with Gasteiger partial charge >= 0.3 is 0 Å². The van der Waals surface area contributed by atoms with Crippen molar-refractivity contribution in [1.29, 1.82) is 0 Å². The number of quaternary nitrogens is 1. The summed E-state index contributed by atoms with van der Waals surface area (Å²) in [7, 11) is 1.84. The number of nitrogens with one attached hydrogen (secondary N) is 3. The standard InChI is InChI=1S/C15H22BrN3O2/c1-4-9-17-14(20)10-19(3)11(2)15(21)18-13-7-5-12(16)6-8-13/h5-8,11H,4,9-10H2,1-3H3,(H,17,20)(H,18,21)/p+1/t11-/m0/s1. The Labute approximate surface area is 134 Å². The molecule has 3 N–H and O–H groups in total. The molecular weight excluding hydrogens is 334 g/mol. The maximum absolute atomic E-state index is 12.2. The van der Waals surface area contributed by atoms with Gasteiger partial charge in [0.2, 0.25) is 0 Å². The van der Waals surface area contributed by atoms with Crippen molar-refractivity contribution in [1.82, 2.24) is 5.32 Å². The summed E-state index contributed by atoms with van der Waals surface area (Å²) in [6.07, 6.45) is 0.907. The van der Waals surface area contributed by atoms with E-state index in [9.17, 15) is 9.59 Å². The van der Waals surface area contributed by atoms with Crippen molar-refractivity contribution in [2.75, 3.05) is 25.5 Å². The number of halogens is 1. The van der Waals surface area contributed by atoms with Crippen LogP contribution in [0.15, 0.2) is 28.7 Å². The summed E-state index contributed by atoms with van der Waals surface area (Å²) in [5.74, 6) is -0.129. The molecule has 116 valence electrons. The maximum atomic E-state index is 12.2. The van der Waals surface area contributed by atoms with E-state index < -0.39 is 0 Å². The van der Waals surface area contributed by atoms with E-state index in [0.717, 1.165) is 21.5 Å². The quantitative estimate of drug-likeness (QED) is 0.677. The van der Waals surface area contributed by atoms with Crippen LogP contribution in [0.2, 0.25) is 0 Å². The summed E-state index contributed by atoms with van der Waals surface area (Å²) < 4.78 is 0.962. The number of likely N-dealkylation sites (N-methyl/N-ethyl adjacent to an activating group) is 1. The molecule has 0 saturated heterocycles. The van der Waals surface area contributed by atoms with Gasteiger partial charge in [0, 0.05) is 16.7 Å². The zero-order chi connectivity index (χ0) is 15.8. The molecule has 21 heavy (non-hydrogen) atoms. The Morgan fingerprint density at radius 3 is 2.48 bits per heavy atom. The molecule has 0 aliphatic heterocycles. The third-order valence-corrected chi connectivity index (χ3v) is 3.78. The largest absolute Gasteiger partial charge is 0.351 e. The van der Waals surface area contributed by atoms with E-state index in [1.807, 2.05) is 45.2 Å². The Morgan fingerprint density at radius 1 is 1.29 bits per heavy atom. The number of hydrogen-bond acceptors (Lipinski definition) is 2. The molecule has 0 heterocycles. The van der Waals surface area contributed by atoms with Crippen LogP contribution in [0.3, 0.4) is 0 Å². The highest BCUT2D eigenvalue weighted by Crippen LogP contribution is 2.13. The minimum absolute atomic E-state index is 0.0300. The van der Waals surface area contributed by atoms with Crippen LogP contribution in [-0.2, 0) is 9.59 Å². The Morgan fingerprint density at radius 2 is 1.90 bits per heavy atom. The molecule has 0 spiro atoms. The zero-order valence-corrected chi connectivity index (χ0v) is 14.3. The van der Waals surface area contributed by atoms with Crippen LogP contribution in [0.5, 0.6) is 0 Å². The minimum Gasteiger partial charge on any atom is -0.351 e. The highest BCUT2D eigenvalue weighted by molar-refractivity contribution is 9.10. The van der Waals surface area contributed by atoms with Crippen molar-refractivity contribution in [2.24, 2.45) is 0 Å². The fraction of sp³-hybridized carbons (Fsp3) is 0.467. The average Bonchev–Trinajstić information content (AvgIpc) is 2.46. The first-order chi connectivity index (χ1) is 9.93. The van der Waals surface area contributed by atoms with Crippen LogP contribution in [-0.4, -0.2) is 38.0 Å². The van der Waals surface area contributed by atoms with E-state index in [0.29, 0.717) is 6.54 Å². The van der Waals surface area contributed by atoms with E-state index in [1.54, 1.807) is 0 Å². The molecule has 6 heteroatoms. The van der Waals surface area contributed by atoms with Crippen molar-refractivity contribution in [3.8, 4) is 0 Å². The Kier molecular flexibility index (Phi) is 7.39. The number of benzene rings is 1. The lowest BCUT2D eigenvalue weighted by Gasteiger charge is -2.20. The molecule has 2 atom stereocenters. The topological polar surface area (TPSA) is 62.6 Å². The van der Waals surface area contributed by atoms with Gasteiger partial charge < -0.3 is 15.5 Å². The number of anilines is 1. The molecule has 0 aliphatic rings. The number of carbonyl (C=O) groups excluding carboxylic acids is 2. The van der Waals surface area contributed by atoms with Crippen LogP contribution in [0, 0.1) is 0 Å². The average molecular weight is 357 g/mol. The Balaban J connectivity index is 2.49. The summed E-state index contributed by atoms with van der Waals surface area (Å²) in [5, 5.41) is 5.67. The fourth-order valence-corrected chi connectivity index (χ4v) is 2.01. The first-order valence-electron chi connectivity index (χ1n) is 7.09. The molecule has 0 fully saturated rings. The Hall–Kier alpha value is -1.40. The third kappa shape index (κ3) is 6.27. The van der Waals surface area contributed by atoms with Crippen molar-refractivity contribution < 1.29 is 14.5 Å². The van der Waals surface area contributed by atoms with Gasteiger partial charge in [-0.2, -0.15) is 0 Å². The Bertz CT molecular complexity index is 476. The lowest BCUT2D eigenvalue weighted by atomic mass is 10.2. The second-order valence-electron chi connectivity index (χ2n) is 5.09. The summed E-state index contributed by atoms with van der Waals surface area (Å²) in [6.45, 7) is 4.78. The number of rotatable bonds is 7. The van der Waals surface area contributed by atoms with Crippen molar-refractivity contribution in [3.05, 3.63) is 28.7 Å². The van der Waals surface area contributed by atoms with E-state index in [1.165, 1.54) is 0 Å². The smallest absolute Gasteiger partial charge is 0.282 e. The molecule has 0 aliphatic carbocycles. The minimum atomic E-state index is -0.305. The molecule has 1 aromatic rings. The fourth-order valence-electron chi connectivity index (χ4n) is 1.74. The molecule has 0 radical (unpaired) electrons. The molecule has 1 aromatic carbocycles. The predicted octanol–water partition coefficient (Wildman–Crippen LogP) is 0.817. The number of amides is 2. The molecule has 0 bridgehead atoms. The van der Waals surface area contributed by atoms with Crippen LogP contribution >= 0.6 is 15.9 Å². The van der Waals surface area contributed by atoms with Gasteiger partial charge in [-0.1, -0.05) is 22.9 Å². The summed E-state index contributed by atoms with van der Waals surface area (Å²) in [4.78, 5) is 24.7. The monoisotopic (exact) mass is 356 g/mol. The first-order valence-corrected chi connectivity index (χ1v) is 7.88. The van der Waals surface area contributed by atoms with Crippen molar-refractivity contribution in [2.45, 2.75) is 26.3 Å². The third-order valence-electron chi connectivity index (χ3n) is 3.26. The maximum Gasteiger partial charge on any atom is 0.282 e. The molecule has 1 unspecified atom stereocenters. The summed E-state index contributed by atoms with van der Waals surface area (Å²) >= 11 is 3.35. The van der Waals surface area contributed by atoms with Crippen molar-refractivity contribution >= 4 is 33.4 Å². The molecule has 2 amide bonds.